The van der Waals surface area contributed by atoms with E-state index in [9.17, 15) is 0 Å². The van der Waals surface area contributed by atoms with Gasteiger partial charge in [-0.05, 0) is 31.6 Å². The minimum absolute atomic E-state index is 0.581. The predicted octanol–water partition coefficient (Wildman–Crippen LogP) is 6.10. The van der Waals surface area contributed by atoms with Gasteiger partial charge >= 0.3 is 0 Å². The Balaban J connectivity index is 1.89. The van der Waals surface area contributed by atoms with Crippen LogP contribution in [0.15, 0.2) is 0 Å². The Kier molecular flexibility index (Phi) is 11.2. The molecule has 0 N–H and O–H groups in total. The van der Waals surface area contributed by atoms with Crippen LogP contribution >= 0.6 is 15.9 Å². The molecule has 1 aliphatic carbocycles. The molecule has 1 fully saturated rings. The highest BCUT2D eigenvalue weighted by Crippen LogP contribution is 2.29. The van der Waals surface area contributed by atoms with Crippen LogP contribution in [-0.4, -0.2) is 18.0 Å². The first kappa shape index (κ1) is 17.5. The molecule has 0 aromatic carbocycles. The molecule has 2 atom stereocenters. The molecule has 0 saturated heterocycles. The number of unbranched alkanes of at least 4 members (excludes halogenated alkanes) is 6. The van der Waals surface area contributed by atoms with Gasteiger partial charge in [0.15, 0.2) is 0 Å². The summed E-state index contributed by atoms with van der Waals surface area (Å²) in [6.45, 7) is 3.32. The summed E-state index contributed by atoms with van der Waals surface area (Å²) in [6, 6.07) is 0. The number of rotatable bonds is 11. The molecule has 0 radical (unpaired) electrons. The highest BCUT2D eigenvalue weighted by molar-refractivity contribution is 9.09. The molecule has 2 unspecified atom stereocenters. The van der Waals surface area contributed by atoms with E-state index in [1.807, 2.05) is 0 Å². The SMILES string of the molecule is CCC1CCCCC1OCCCCCCCCCBr. The fraction of sp³-hybridized carbons (Fsp3) is 1.00. The van der Waals surface area contributed by atoms with Gasteiger partial charge in [-0.2, -0.15) is 0 Å². The van der Waals surface area contributed by atoms with Crippen molar-refractivity contribution in [2.24, 2.45) is 5.92 Å². The topological polar surface area (TPSA) is 9.23 Å². The van der Waals surface area contributed by atoms with Crippen LogP contribution in [0.25, 0.3) is 0 Å². The van der Waals surface area contributed by atoms with Gasteiger partial charge < -0.3 is 4.74 Å². The zero-order chi connectivity index (χ0) is 13.8. The number of hydrogen-bond donors (Lipinski definition) is 0. The van der Waals surface area contributed by atoms with Gasteiger partial charge in [0.25, 0.3) is 0 Å². The molecule has 0 bridgehead atoms. The second-order valence-electron chi connectivity index (χ2n) is 6.03. The van der Waals surface area contributed by atoms with Crippen LogP contribution in [0.5, 0.6) is 0 Å². The summed E-state index contributed by atoms with van der Waals surface area (Å²) in [5.74, 6) is 0.845. The molecular weight excluding hydrogens is 300 g/mol. The molecule has 0 amide bonds. The van der Waals surface area contributed by atoms with Crippen LogP contribution in [0.2, 0.25) is 0 Å². The van der Waals surface area contributed by atoms with Gasteiger partial charge in [-0.3, -0.25) is 0 Å². The van der Waals surface area contributed by atoms with Crippen molar-refractivity contribution in [3.8, 4) is 0 Å². The summed E-state index contributed by atoms with van der Waals surface area (Å²) in [6.07, 6.45) is 17.0. The minimum Gasteiger partial charge on any atom is -0.378 e. The summed E-state index contributed by atoms with van der Waals surface area (Å²) in [5.41, 5.74) is 0. The second kappa shape index (κ2) is 12.2. The molecule has 1 rings (SSSR count). The maximum Gasteiger partial charge on any atom is 0.0603 e. The van der Waals surface area contributed by atoms with E-state index in [-0.39, 0.29) is 0 Å². The Morgan fingerprint density at radius 3 is 2.21 bits per heavy atom. The predicted molar refractivity (Wildman–Crippen MR) is 88.1 cm³/mol. The Hall–Kier alpha value is 0.440. The minimum atomic E-state index is 0.581. The van der Waals surface area contributed by atoms with E-state index >= 15 is 0 Å². The molecule has 1 aliphatic rings. The van der Waals surface area contributed by atoms with E-state index in [0.29, 0.717) is 6.10 Å². The van der Waals surface area contributed by atoms with Crippen molar-refractivity contribution < 1.29 is 4.74 Å². The molecule has 1 nitrogen and oxygen atoms in total. The maximum atomic E-state index is 6.13. The number of halogens is 1. The lowest BCUT2D eigenvalue weighted by Crippen LogP contribution is -2.27. The van der Waals surface area contributed by atoms with Crippen LogP contribution in [0, 0.1) is 5.92 Å². The Morgan fingerprint density at radius 1 is 0.895 bits per heavy atom. The number of hydrogen-bond acceptors (Lipinski definition) is 1. The molecule has 0 heterocycles. The largest absolute Gasteiger partial charge is 0.378 e. The Bertz CT molecular complexity index is 196. The quantitative estimate of drug-likeness (QED) is 0.328. The lowest BCUT2D eigenvalue weighted by molar-refractivity contribution is -0.0135. The van der Waals surface area contributed by atoms with Crippen LogP contribution in [0.4, 0.5) is 0 Å². The van der Waals surface area contributed by atoms with E-state index in [0.717, 1.165) is 12.5 Å². The summed E-state index contributed by atoms with van der Waals surface area (Å²) in [7, 11) is 0. The first-order valence-electron chi connectivity index (χ1n) is 8.56. The molecule has 0 aromatic rings. The van der Waals surface area contributed by atoms with Gasteiger partial charge in [0, 0.05) is 11.9 Å². The average molecular weight is 333 g/mol. The van der Waals surface area contributed by atoms with E-state index in [1.165, 1.54) is 82.4 Å². The highest BCUT2D eigenvalue weighted by Gasteiger charge is 2.23. The Morgan fingerprint density at radius 2 is 1.53 bits per heavy atom. The second-order valence-corrected chi connectivity index (χ2v) is 6.82. The molecule has 0 aromatic heterocycles. The summed E-state index contributed by atoms with van der Waals surface area (Å²) < 4.78 is 6.13. The first-order chi connectivity index (χ1) is 9.38. The first-order valence-corrected chi connectivity index (χ1v) is 9.68. The van der Waals surface area contributed by atoms with Crippen LogP contribution in [-0.2, 0) is 4.74 Å². The van der Waals surface area contributed by atoms with Crippen LogP contribution in [0.3, 0.4) is 0 Å². The lowest BCUT2D eigenvalue weighted by atomic mass is 9.85. The molecule has 19 heavy (non-hydrogen) atoms. The lowest BCUT2D eigenvalue weighted by Gasteiger charge is -2.30. The zero-order valence-electron chi connectivity index (χ0n) is 12.8. The summed E-state index contributed by atoms with van der Waals surface area (Å²) in [5, 5.41) is 1.17. The molecule has 0 aliphatic heterocycles. The van der Waals surface area contributed by atoms with Gasteiger partial charge in [0.05, 0.1) is 6.10 Å². The van der Waals surface area contributed by atoms with E-state index < -0.39 is 0 Å². The van der Waals surface area contributed by atoms with Crippen LogP contribution < -0.4 is 0 Å². The van der Waals surface area contributed by atoms with E-state index in [4.69, 9.17) is 4.74 Å². The fourth-order valence-electron chi connectivity index (χ4n) is 3.18. The van der Waals surface area contributed by atoms with Crippen LogP contribution in [0.1, 0.15) is 84.0 Å². The Labute approximate surface area is 129 Å². The van der Waals surface area contributed by atoms with E-state index in [1.54, 1.807) is 0 Å². The van der Waals surface area contributed by atoms with Crippen molar-refractivity contribution in [3.05, 3.63) is 0 Å². The molecule has 0 spiro atoms. The third-order valence-corrected chi connectivity index (χ3v) is 5.03. The van der Waals surface area contributed by atoms with Gasteiger partial charge in [-0.15, -0.1) is 0 Å². The summed E-state index contributed by atoms with van der Waals surface area (Å²) in [4.78, 5) is 0. The van der Waals surface area contributed by atoms with Gasteiger partial charge in [-0.25, -0.2) is 0 Å². The normalized spacial score (nSPS) is 23.7. The van der Waals surface area contributed by atoms with Crippen molar-refractivity contribution in [3.63, 3.8) is 0 Å². The smallest absolute Gasteiger partial charge is 0.0603 e. The summed E-state index contributed by atoms with van der Waals surface area (Å²) >= 11 is 3.48. The van der Waals surface area contributed by atoms with Crippen molar-refractivity contribution in [1.29, 1.82) is 0 Å². The molecule has 2 heteroatoms. The van der Waals surface area contributed by atoms with Crippen molar-refractivity contribution in [1.82, 2.24) is 0 Å². The third kappa shape index (κ3) is 8.34. The average Bonchev–Trinajstić information content (AvgIpc) is 2.46. The maximum absolute atomic E-state index is 6.13. The van der Waals surface area contributed by atoms with Gasteiger partial charge in [0.2, 0.25) is 0 Å². The van der Waals surface area contributed by atoms with Crippen molar-refractivity contribution >= 4 is 15.9 Å². The standard InChI is InChI=1S/C17H33BrO/c1-2-16-12-8-9-13-17(16)19-15-11-7-5-3-4-6-10-14-18/h16-17H,2-15H2,1H3. The molecule has 1 saturated carbocycles. The molecule has 114 valence electrons. The van der Waals surface area contributed by atoms with Gasteiger partial charge in [0.1, 0.15) is 0 Å². The fourth-order valence-corrected chi connectivity index (χ4v) is 3.57. The van der Waals surface area contributed by atoms with Crippen molar-refractivity contribution in [2.75, 3.05) is 11.9 Å². The highest BCUT2D eigenvalue weighted by atomic mass is 79.9. The van der Waals surface area contributed by atoms with E-state index in [2.05, 4.69) is 22.9 Å². The molecular formula is C17H33BrO. The number of alkyl halides is 1. The van der Waals surface area contributed by atoms with Gasteiger partial charge in [-0.1, -0.05) is 74.2 Å². The van der Waals surface area contributed by atoms with Crippen molar-refractivity contribution in [2.45, 2.75) is 90.1 Å². The third-order valence-electron chi connectivity index (χ3n) is 4.47. The zero-order valence-corrected chi connectivity index (χ0v) is 14.4. The number of ether oxygens (including phenoxy) is 1. The monoisotopic (exact) mass is 332 g/mol.